The fourth-order valence-corrected chi connectivity index (χ4v) is 3.47. The molecule has 1 heterocycles. The van der Waals surface area contributed by atoms with Crippen molar-refractivity contribution in [2.75, 3.05) is 26.7 Å². The molecular formula is C15H29N3O. The van der Waals surface area contributed by atoms with Crippen molar-refractivity contribution in [2.45, 2.75) is 51.6 Å². The van der Waals surface area contributed by atoms with Gasteiger partial charge in [-0.25, -0.2) is 0 Å². The molecule has 4 heteroatoms. The molecule has 0 aromatic carbocycles. The zero-order valence-corrected chi connectivity index (χ0v) is 12.6. The van der Waals surface area contributed by atoms with Crippen molar-refractivity contribution in [3.63, 3.8) is 0 Å². The first-order chi connectivity index (χ1) is 9.13. The molecular weight excluding hydrogens is 238 g/mol. The van der Waals surface area contributed by atoms with Gasteiger partial charge < -0.3 is 15.5 Å². The number of amides is 1. The summed E-state index contributed by atoms with van der Waals surface area (Å²) in [6, 6.07) is 0.655. The molecule has 2 N–H and O–H groups in total. The Bertz CT molecular complexity index is 308. The predicted molar refractivity (Wildman–Crippen MR) is 78.0 cm³/mol. The maximum atomic E-state index is 12.2. The van der Waals surface area contributed by atoms with E-state index in [0.717, 1.165) is 32.0 Å². The Labute approximate surface area is 117 Å². The molecule has 0 aromatic heterocycles. The summed E-state index contributed by atoms with van der Waals surface area (Å²) in [5, 5.41) is 6.51. The van der Waals surface area contributed by atoms with Gasteiger partial charge in [-0.2, -0.15) is 0 Å². The molecule has 0 bridgehead atoms. The van der Waals surface area contributed by atoms with E-state index in [-0.39, 0.29) is 11.9 Å². The molecule has 2 rings (SSSR count). The van der Waals surface area contributed by atoms with Crippen LogP contribution in [0.5, 0.6) is 0 Å². The normalized spacial score (nSPS) is 31.5. The lowest BCUT2D eigenvalue weighted by atomic mass is 9.94. The zero-order chi connectivity index (χ0) is 13.8. The van der Waals surface area contributed by atoms with Crippen molar-refractivity contribution in [1.82, 2.24) is 15.5 Å². The minimum atomic E-state index is 0.0707. The first kappa shape index (κ1) is 14.8. The van der Waals surface area contributed by atoms with E-state index in [4.69, 9.17) is 0 Å². The summed E-state index contributed by atoms with van der Waals surface area (Å²) in [6.07, 6.45) is 4.98. The molecule has 2 fully saturated rings. The van der Waals surface area contributed by atoms with Gasteiger partial charge in [0, 0.05) is 19.1 Å². The fourth-order valence-electron chi connectivity index (χ4n) is 3.47. The number of carbonyl (C=O) groups excluding carboxylic acids is 1. The minimum absolute atomic E-state index is 0.0707. The highest BCUT2D eigenvalue weighted by Crippen LogP contribution is 2.37. The molecule has 4 unspecified atom stereocenters. The van der Waals surface area contributed by atoms with Crippen molar-refractivity contribution >= 4 is 5.91 Å². The molecule has 4 atom stereocenters. The Morgan fingerprint density at radius 2 is 2.26 bits per heavy atom. The summed E-state index contributed by atoms with van der Waals surface area (Å²) in [4.78, 5) is 14.5. The first-order valence-corrected chi connectivity index (χ1v) is 7.84. The number of fused-ring (bicyclic) bond motifs is 1. The molecule has 0 spiro atoms. The lowest BCUT2D eigenvalue weighted by Gasteiger charge is -2.24. The minimum Gasteiger partial charge on any atom is -0.353 e. The highest BCUT2D eigenvalue weighted by molar-refractivity contribution is 5.82. The quantitative estimate of drug-likeness (QED) is 0.760. The van der Waals surface area contributed by atoms with Gasteiger partial charge >= 0.3 is 0 Å². The Morgan fingerprint density at radius 3 is 3.00 bits per heavy atom. The van der Waals surface area contributed by atoms with Crippen molar-refractivity contribution in [3.05, 3.63) is 0 Å². The summed E-state index contributed by atoms with van der Waals surface area (Å²) < 4.78 is 0. The maximum Gasteiger partial charge on any atom is 0.237 e. The van der Waals surface area contributed by atoms with Gasteiger partial charge in [-0.15, -0.1) is 0 Å². The smallest absolute Gasteiger partial charge is 0.237 e. The number of hydrogen-bond acceptors (Lipinski definition) is 3. The molecule has 1 saturated carbocycles. The van der Waals surface area contributed by atoms with E-state index in [1.54, 1.807) is 0 Å². The van der Waals surface area contributed by atoms with Crippen LogP contribution < -0.4 is 10.6 Å². The number of likely N-dealkylation sites (N-methyl/N-ethyl adjacent to an activating group) is 1. The van der Waals surface area contributed by atoms with Gasteiger partial charge in [0.1, 0.15) is 0 Å². The number of nitrogens with one attached hydrogen (secondary N) is 2. The van der Waals surface area contributed by atoms with Crippen LogP contribution in [0.1, 0.15) is 39.5 Å². The molecule has 2 aliphatic rings. The average molecular weight is 267 g/mol. The third-order valence-electron chi connectivity index (χ3n) is 5.14. The summed E-state index contributed by atoms with van der Waals surface area (Å²) >= 11 is 0. The Kier molecular flexibility index (Phi) is 5.22. The SMILES string of the molecule is CCC(C)N(C)CCNC(=O)C1NCC2CCCC21. The number of rotatable bonds is 6. The topological polar surface area (TPSA) is 44.4 Å². The van der Waals surface area contributed by atoms with Crippen LogP contribution in [0.25, 0.3) is 0 Å². The van der Waals surface area contributed by atoms with Crippen molar-refractivity contribution < 1.29 is 4.79 Å². The molecule has 1 amide bonds. The lowest BCUT2D eigenvalue weighted by molar-refractivity contribution is -0.123. The van der Waals surface area contributed by atoms with E-state index in [1.807, 2.05) is 0 Å². The molecule has 0 radical (unpaired) electrons. The number of hydrogen-bond donors (Lipinski definition) is 2. The van der Waals surface area contributed by atoms with E-state index in [0.29, 0.717) is 12.0 Å². The van der Waals surface area contributed by atoms with Gasteiger partial charge in [0.25, 0.3) is 0 Å². The number of nitrogens with zero attached hydrogens (tertiary/aromatic N) is 1. The van der Waals surface area contributed by atoms with E-state index in [2.05, 4.69) is 36.4 Å². The third kappa shape index (κ3) is 3.48. The maximum absolute atomic E-state index is 12.2. The second-order valence-electron chi connectivity index (χ2n) is 6.27. The van der Waals surface area contributed by atoms with Crippen molar-refractivity contribution in [2.24, 2.45) is 11.8 Å². The molecule has 110 valence electrons. The first-order valence-electron chi connectivity index (χ1n) is 7.84. The van der Waals surface area contributed by atoms with Gasteiger partial charge in [0.2, 0.25) is 5.91 Å². The molecule has 1 aliphatic carbocycles. The monoisotopic (exact) mass is 267 g/mol. The number of carbonyl (C=O) groups is 1. The molecule has 19 heavy (non-hydrogen) atoms. The Hall–Kier alpha value is -0.610. The summed E-state index contributed by atoms with van der Waals surface area (Å²) in [5.74, 6) is 1.55. The van der Waals surface area contributed by atoms with Gasteiger partial charge in [0.05, 0.1) is 6.04 Å². The van der Waals surface area contributed by atoms with Crippen LogP contribution >= 0.6 is 0 Å². The molecule has 0 aromatic rings. The van der Waals surface area contributed by atoms with E-state index in [9.17, 15) is 4.79 Å². The summed E-state index contributed by atoms with van der Waals surface area (Å²) in [7, 11) is 2.13. The van der Waals surface area contributed by atoms with E-state index >= 15 is 0 Å². The van der Waals surface area contributed by atoms with Gasteiger partial charge in [-0.1, -0.05) is 13.3 Å². The Morgan fingerprint density at radius 1 is 1.47 bits per heavy atom. The van der Waals surface area contributed by atoms with Gasteiger partial charge in [0.15, 0.2) is 0 Å². The third-order valence-corrected chi connectivity index (χ3v) is 5.14. The lowest BCUT2D eigenvalue weighted by Crippen LogP contribution is -2.46. The summed E-state index contributed by atoms with van der Waals surface area (Å²) in [6.45, 7) is 7.15. The predicted octanol–water partition coefficient (Wildman–Crippen LogP) is 1.22. The largest absolute Gasteiger partial charge is 0.353 e. The highest BCUT2D eigenvalue weighted by atomic mass is 16.2. The molecule has 1 aliphatic heterocycles. The standard InChI is InChI=1S/C15H29N3O/c1-4-11(2)18(3)9-8-16-15(19)14-13-7-5-6-12(13)10-17-14/h11-14,17H,4-10H2,1-3H3,(H,16,19). The summed E-state index contributed by atoms with van der Waals surface area (Å²) in [5.41, 5.74) is 0. The van der Waals surface area contributed by atoms with Crippen LogP contribution in [0.15, 0.2) is 0 Å². The van der Waals surface area contributed by atoms with Gasteiger partial charge in [-0.05, 0) is 51.6 Å². The van der Waals surface area contributed by atoms with Crippen molar-refractivity contribution in [3.8, 4) is 0 Å². The fraction of sp³-hybridized carbons (Fsp3) is 0.933. The van der Waals surface area contributed by atoms with Crippen LogP contribution in [0.2, 0.25) is 0 Å². The molecule has 1 saturated heterocycles. The van der Waals surface area contributed by atoms with E-state index < -0.39 is 0 Å². The van der Waals surface area contributed by atoms with E-state index in [1.165, 1.54) is 19.3 Å². The zero-order valence-electron chi connectivity index (χ0n) is 12.6. The van der Waals surface area contributed by atoms with Crippen LogP contribution in [0.4, 0.5) is 0 Å². The molecule has 4 nitrogen and oxygen atoms in total. The average Bonchev–Trinajstić information content (AvgIpc) is 2.99. The van der Waals surface area contributed by atoms with Gasteiger partial charge in [-0.3, -0.25) is 4.79 Å². The second-order valence-corrected chi connectivity index (χ2v) is 6.27. The Balaban J connectivity index is 1.70. The van der Waals surface area contributed by atoms with Crippen LogP contribution in [0, 0.1) is 11.8 Å². The van der Waals surface area contributed by atoms with Crippen LogP contribution in [-0.4, -0.2) is 49.6 Å². The van der Waals surface area contributed by atoms with Crippen LogP contribution in [-0.2, 0) is 4.79 Å². The van der Waals surface area contributed by atoms with Crippen molar-refractivity contribution in [1.29, 1.82) is 0 Å². The van der Waals surface area contributed by atoms with Crippen LogP contribution in [0.3, 0.4) is 0 Å². The second kappa shape index (κ2) is 6.71. The highest BCUT2D eigenvalue weighted by Gasteiger charge is 2.42.